The lowest BCUT2D eigenvalue weighted by Crippen LogP contribution is -2.40. The highest BCUT2D eigenvalue weighted by molar-refractivity contribution is 5.79. The third kappa shape index (κ3) is 6.09. The minimum atomic E-state index is 0.601. The van der Waals surface area contributed by atoms with Crippen molar-refractivity contribution in [3.8, 4) is 11.5 Å². The number of ether oxygens (including phenoxy) is 3. The Morgan fingerprint density at radius 3 is 2.62 bits per heavy atom. The average Bonchev–Trinajstić information content (AvgIpc) is 2.69. The molecule has 0 amide bonds. The SMILES string of the molecule is CCNC(=NCc1ccc(OC)c(OC)c1)N(C)CCC1CCOCC1. The molecular weight excluding hydrogens is 330 g/mol. The van der Waals surface area contributed by atoms with Crippen LogP contribution in [0, 0.1) is 5.92 Å². The van der Waals surface area contributed by atoms with Gasteiger partial charge in [0, 0.05) is 33.4 Å². The molecule has 1 aliphatic rings. The van der Waals surface area contributed by atoms with Gasteiger partial charge in [0.25, 0.3) is 0 Å². The van der Waals surface area contributed by atoms with Crippen LogP contribution in [0.3, 0.4) is 0 Å². The van der Waals surface area contributed by atoms with Crippen molar-refractivity contribution in [1.82, 2.24) is 10.2 Å². The molecule has 0 atom stereocenters. The molecule has 6 nitrogen and oxygen atoms in total. The lowest BCUT2D eigenvalue weighted by Gasteiger charge is -2.26. The maximum absolute atomic E-state index is 5.45. The molecule has 146 valence electrons. The van der Waals surface area contributed by atoms with E-state index in [1.165, 1.54) is 19.3 Å². The van der Waals surface area contributed by atoms with Crippen molar-refractivity contribution in [2.75, 3.05) is 47.6 Å². The van der Waals surface area contributed by atoms with Gasteiger partial charge in [-0.2, -0.15) is 0 Å². The molecular formula is C20H33N3O3. The van der Waals surface area contributed by atoms with E-state index in [9.17, 15) is 0 Å². The second-order valence-corrected chi connectivity index (χ2v) is 6.63. The maximum atomic E-state index is 5.45. The Hall–Kier alpha value is -1.95. The van der Waals surface area contributed by atoms with Crippen molar-refractivity contribution in [3.63, 3.8) is 0 Å². The van der Waals surface area contributed by atoms with Crippen molar-refractivity contribution < 1.29 is 14.2 Å². The summed E-state index contributed by atoms with van der Waals surface area (Å²) < 4.78 is 16.1. The minimum Gasteiger partial charge on any atom is -0.493 e. The van der Waals surface area contributed by atoms with Crippen LogP contribution in [-0.2, 0) is 11.3 Å². The molecule has 1 fully saturated rings. The largest absolute Gasteiger partial charge is 0.493 e. The van der Waals surface area contributed by atoms with Crippen molar-refractivity contribution in [2.45, 2.75) is 32.7 Å². The van der Waals surface area contributed by atoms with E-state index in [4.69, 9.17) is 19.2 Å². The second-order valence-electron chi connectivity index (χ2n) is 6.63. The van der Waals surface area contributed by atoms with Crippen LogP contribution >= 0.6 is 0 Å². The third-order valence-electron chi connectivity index (χ3n) is 4.77. The van der Waals surface area contributed by atoms with Crippen molar-refractivity contribution in [2.24, 2.45) is 10.9 Å². The highest BCUT2D eigenvalue weighted by Crippen LogP contribution is 2.27. The molecule has 0 bridgehead atoms. The number of rotatable bonds is 8. The molecule has 6 heteroatoms. The summed E-state index contributed by atoms with van der Waals surface area (Å²) in [5.74, 6) is 3.17. The van der Waals surface area contributed by atoms with E-state index in [2.05, 4.69) is 24.2 Å². The van der Waals surface area contributed by atoms with E-state index < -0.39 is 0 Å². The fourth-order valence-corrected chi connectivity index (χ4v) is 3.13. The minimum absolute atomic E-state index is 0.601. The quantitative estimate of drug-likeness (QED) is 0.568. The normalized spacial score (nSPS) is 15.6. The molecule has 1 aliphatic heterocycles. The summed E-state index contributed by atoms with van der Waals surface area (Å²) in [5, 5.41) is 3.39. The molecule has 0 aliphatic carbocycles. The Balaban J connectivity index is 1.96. The van der Waals surface area contributed by atoms with E-state index in [0.717, 1.165) is 55.2 Å². The summed E-state index contributed by atoms with van der Waals surface area (Å²) in [6, 6.07) is 5.93. The predicted molar refractivity (Wildman–Crippen MR) is 105 cm³/mol. The highest BCUT2D eigenvalue weighted by Gasteiger charge is 2.15. The van der Waals surface area contributed by atoms with Crippen molar-refractivity contribution in [1.29, 1.82) is 0 Å². The molecule has 1 saturated heterocycles. The van der Waals surface area contributed by atoms with Crippen LogP contribution < -0.4 is 14.8 Å². The lowest BCUT2D eigenvalue weighted by molar-refractivity contribution is 0.0625. The lowest BCUT2D eigenvalue weighted by atomic mass is 9.96. The number of hydrogen-bond acceptors (Lipinski definition) is 4. The zero-order valence-electron chi connectivity index (χ0n) is 16.6. The molecule has 1 aromatic rings. The van der Waals surface area contributed by atoms with Crippen LogP contribution in [0.4, 0.5) is 0 Å². The first-order chi connectivity index (χ1) is 12.7. The number of guanidine groups is 1. The first kappa shape index (κ1) is 20.4. The van der Waals surface area contributed by atoms with E-state index in [-0.39, 0.29) is 0 Å². The third-order valence-corrected chi connectivity index (χ3v) is 4.77. The van der Waals surface area contributed by atoms with E-state index in [0.29, 0.717) is 6.54 Å². The number of benzene rings is 1. The summed E-state index contributed by atoms with van der Waals surface area (Å²) in [7, 11) is 5.40. The number of nitrogens with zero attached hydrogens (tertiary/aromatic N) is 2. The second kappa shape index (κ2) is 10.9. The van der Waals surface area contributed by atoms with Gasteiger partial charge in [-0.25, -0.2) is 4.99 Å². The molecule has 0 radical (unpaired) electrons. The van der Waals surface area contributed by atoms with Gasteiger partial charge in [-0.15, -0.1) is 0 Å². The van der Waals surface area contributed by atoms with Gasteiger partial charge in [0.1, 0.15) is 0 Å². The van der Waals surface area contributed by atoms with E-state index in [1.807, 2.05) is 18.2 Å². The highest BCUT2D eigenvalue weighted by atomic mass is 16.5. The number of hydrogen-bond donors (Lipinski definition) is 1. The molecule has 2 rings (SSSR count). The van der Waals surface area contributed by atoms with Crippen molar-refractivity contribution in [3.05, 3.63) is 23.8 Å². The molecule has 0 aromatic heterocycles. The Morgan fingerprint density at radius 2 is 1.96 bits per heavy atom. The fraction of sp³-hybridized carbons (Fsp3) is 0.650. The summed E-state index contributed by atoms with van der Waals surface area (Å²) in [4.78, 5) is 7.01. The van der Waals surface area contributed by atoms with Crippen LogP contribution in [-0.4, -0.2) is 58.4 Å². The van der Waals surface area contributed by atoms with E-state index in [1.54, 1.807) is 14.2 Å². The molecule has 1 aromatic carbocycles. The maximum Gasteiger partial charge on any atom is 0.193 e. The molecule has 0 saturated carbocycles. The Labute approximate surface area is 157 Å². The zero-order chi connectivity index (χ0) is 18.8. The topological polar surface area (TPSA) is 55.3 Å². The van der Waals surface area contributed by atoms with Gasteiger partial charge in [0.2, 0.25) is 0 Å². The van der Waals surface area contributed by atoms with Gasteiger partial charge < -0.3 is 24.4 Å². The predicted octanol–water partition coefficient (Wildman–Crippen LogP) is 2.92. The monoisotopic (exact) mass is 363 g/mol. The van der Waals surface area contributed by atoms with Gasteiger partial charge in [-0.3, -0.25) is 0 Å². The number of nitrogens with one attached hydrogen (secondary N) is 1. The van der Waals surface area contributed by atoms with Crippen LogP contribution in [0.1, 0.15) is 31.7 Å². The summed E-state index contributed by atoms with van der Waals surface area (Å²) in [6.45, 7) is 6.36. The molecule has 26 heavy (non-hydrogen) atoms. The number of methoxy groups -OCH3 is 2. The summed E-state index contributed by atoms with van der Waals surface area (Å²) >= 11 is 0. The van der Waals surface area contributed by atoms with Gasteiger partial charge in [0.05, 0.1) is 20.8 Å². The first-order valence-electron chi connectivity index (χ1n) is 9.46. The van der Waals surface area contributed by atoms with Gasteiger partial charge >= 0.3 is 0 Å². The van der Waals surface area contributed by atoms with Gasteiger partial charge in [-0.1, -0.05) is 6.07 Å². The fourth-order valence-electron chi connectivity index (χ4n) is 3.13. The van der Waals surface area contributed by atoms with Crippen LogP contribution in [0.2, 0.25) is 0 Å². The Kier molecular flexibility index (Phi) is 8.54. The van der Waals surface area contributed by atoms with Gasteiger partial charge in [0.15, 0.2) is 17.5 Å². The van der Waals surface area contributed by atoms with E-state index >= 15 is 0 Å². The zero-order valence-corrected chi connectivity index (χ0v) is 16.6. The summed E-state index contributed by atoms with van der Waals surface area (Å²) in [6.07, 6.45) is 3.53. The standard InChI is InChI=1S/C20H33N3O3/c1-5-21-20(23(2)11-8-16-9-12-26-13-10-16)22-15-17-6-7-18(24-3)19(14-17)25-4/h6-7,14,16H,5,8-13,15H2,1-4H3,(H,21,22). The smallest absolute Gasteiger partial charge is 0.193 e. The van der Waals surface area contributed by atoms with Crippen LogP contribution in [0.5, 0.6) is 11.5 Å². The Bertz CT molecular complexity index is 571. The molecule has 0 spiro atoms. The Morgan fingerprint density at radius 1 is 1.23 bits per heavy atom. The van der Waals surface area contributed by atoms with Crippen molar-refractivity contribution >= 4 is 5.96 Å². The van der Waals surface area contributed by atoms with Gasteiger partial charge in [-0.05, 0) is 49.8 Å². The summed E-state index contributed by atoms with van der Waals surface area (Å²) in [5.41, 5.74) is 1.09. The van der Waals surface area contributed by atoms with Crippen LogP contribution in [0.25, 0.3) is 0 Å². The average molecular weight is 364 g/mol. The van der Waals surface area contributed by atoms with Crippen LogP contribution in [0.15, 0.2) is 23.2 Å². The number of aliphatic imine (C=N–C) groups is 1. The molecule has 1 heterocycles. The first-order valence-corrected chi connectivity index (χ1v) is 9.46. The molecule has 0 unspecified atom stereocenters. The molecule has 1 N–H and O–H groups in total.